The number of likely N-dealkylation sites (N-methyl/N-ethyl adjacent to an activating group) is 5. The topological polar surface area (TPSA) is 523 Å². The van der Waals surface area contributed by atoms with Gasteiger partial charge in [-0.15, -0.1) is 0 Å². The molecule has 1 saturated heterocycles. The fraction of sp³-hybridized carbons (Fsp3) is 0.419. The van der Waals surface area contributed by atoms with Gasteiger partial charge in [0.1, 0.15) is 77.7 Å². The fourth-order valence-electron chi connectivity index (χ4n) is 15.1. The molecule has 8 rings (SSSR count). The lowest BCUT2D eigenvalue weighted by Gasteiger charge is -2.37. The van der Waals surface area contributed by atoms with Gasteiger partial charge < -0.3 is 103 Å². The van der Waals surface area contributed by atoms with E-state index in [-0.39, 0.29) is 62.9 Å². The van der Waals surface area contributed by atoms with E-state index in [0.717, 1.165) is 24.5 Å². The second-order valence-corrected chi connectivity index (χ2v) is 34.8. The molecule has 15 N–H and O–H groups in total. The van der Waals surface area contributed by atoms with Crippen LogP contribution in [0.2, 0.25) is 0 Å². The van der Waals surface area contributed by atoms with Gasteiger partial charge in [0.05, 0.1) is 26.1 Å². The number of nitrogens with two attached hydrogens (primary N) is 1. The molecule has 0 aliphatic carbocycles. The van der Waals surface area contributed by atoms with Crippen LogP contribution in [0.15, 0.2) is 170 Å². The molecule has 12 atom stereocenters. The zero-order valence-corrected chi connectivity index (χ0v) is 75.3. The lowest BCUT2D eigenvalue weighted by molar-refractivity contribution is -0.151. The lowest BCUT2D eigenvalue weighted by Crippen LogP contribution is -2.61. The number of carbonyl (C=O) groups excluding carboxylic acids is 15. The van der Waals surface area contributed by atoms with Crippen molar-refractivity contribution in [3.8, 4) is 11.5 Å². The number of aromatic nitrogens is 1. The first-order chi connectivity index (χ1) is 61.8. The van der Waals surface area contributed by atoms with E-state index in [9.17, 15) is 58.2 Å². The minimum Gasteiger partial charge on any atom is -0.616 e. The Labute approximate surface area is 757 Å². The number of aromatic hydroxyl groups is 2. The number of unbranched alkanes of at least 4 members (excludes halogenated alkanes) is 1. The van der Waals surface area contributed by atoms with Crippen LogP contribution < -0.4 is 53.6 Å². The Balaban J connectivity index is 1.22. The third-order valence-electron chi connectivity index (χ3n) is 22.2. The highest BCUT2D eigenvalue weighted by Gasteiger charge is 2.43. The molecule has 36 nitrogen and oxygen atoms in total. The molecule has 15 amide bonds. The first kappa shape index (κ1) is 102. The number of carboxylic acids is 1. The number of aromatic amines is 1. The summed E-state index contributed by atoms with van der Waals surface area (Å²) in [6.45, 7) is 5.92. The zero-order valence-electron chi connectivity index (χ0n) is 74.5. The van der Waals surface area contributed by atoms with Crippen molar-refractivity contribution in [2.45, 2.75) is 172 Å². The van der Waals surface area contributed by atoms with Gasteiger partial charge in [-0.1, -0.05) is 181 Å². The van der Waals surface area contributed by atoms with Gasteiger partial charge in [0.2, 0.25) is 82.7 Å². The maximum Gasteiger partial charge on any atom is 0.305 e. The molecular weight excluding hydrogens is 1690 g/mol. The van der Waals surface area contributed by atoms with Gasteiger partial charge in [-0.2, -0.15) is 0 Å². The number of hydrogen-bond acceptors (Lipinski definition) is 19. The Morgan fingerprint density at radius 3 is 1.44 bits per heavy atom. The average molecular weight is 1810 g/mol. The highest BCUT2D eigenvalue weighted by Crippen LogP contribution is 2.25. The summed E-state index contributed by atoms with van der Waals surface area (Å²) in [5.74, 6) is -19.4. The number of aliphatic carboxylic acids is 1. The summed E-state index contributed by atoms with van der Waals surface area (Å²) in [5.41, 5.74) is 8.89. The first-order valence-corrected chi connectivity index (χ1v) is 44.3. The SMILES string of the molecule is CCCC[C@H]1C(=O)N(C)CC(=O)N[C@@H](CC(=O)O)C(=O)NC(C(C)C)C(=O)N(C)[C@@H](Cc2ccccc2)C(=O)N[C@@H](Cc2ccc(O)cc2)C(=O)N(C)CC(=O)N[C@@H](Cc2c[nH]c3ccccc23)C(=O)N[C@@H](Cc2ccc(O)cc2)C(=O)N[C@@H](CC(C)C)C(=O)N[C@H](C(=O)NCC(N)=O)C[S+]([O-])CC(=O)N[C@@H](Cc2ccccc2)C(=O)N(C)[C@@H](Cc2ccccc2)C(=O)N1C. The number of phenols is 2. The van der Waals surface area contributed by atoms with Gasteiger partial charge in [-0.05, 0) is 99.6 Å². The van der Waals surface area contributed by atoms with Crippen molar-refractivity contribution in [1.82, 2.24) is 77.3 Å². The summed E-state index contributed by atoms with van der Waals surface area (Å²) >= 11 is -2.46. The van der Waals surface area contributed by atoms with Gasteiger partial charge in [-0.3, -0.25) is 76.7 Å². The van der Waals surface area contributed by atoms with Crippen LogP contribution in [0.25, 0.3) is 10.9 Å². The highest BCUT2D eigenvalue weighted by molar-refractivity contribution is 7.92. The molecule has 0 radical (unpaired) electrons. The number of fused-ring (bicyclic) bond motifs is 1. The second-order valence-electron chi connectivity index (χ2n) is 33.3. The van der Waals surface area contributed by atoms with Gasteiger partial charge in [0.25, 0.3) is 5.91 Å². The van der Waals surface area contributed by atoms with Crippen LogP contribution in [0.3, 0.4) is 0 Å². The van der Waals surface area contributed by atoms with E-state index in [4.69, 9.17) is 5.73 Å². The largest absolute Gasteiger partial charge is 0.616 e. The Morgan fingerprint density at radius 2 is 0.908 bits per heavy atom. The molecule has 1 aromatic heterocycles. The summed E-state index contributed by atoms with van der Waals surface area (Å²) in [5, 5.41) is 55.0. The van der Waals surface area contributed by atoms with Crippen LogP contribution in [0.4, 0.5) is 0 Å². The van der Waals surface area contributed by atoms with Crippen LogP contribution in [-0.4, -0.2) is 277 Å². The number of nitrogens with one attached hydrogen (secondary N) is 10. The quantitative estimate of drug-likeness (QED) is 0.0402. The van der Waals surface area contributed by atoms with Crippen molar-refractivity contribution < 1.29 is 96.6 Å². The summed E-state index contributed by atoms with van der Waals surface area (Å²) in [7, 11) is 6.41. The molecule has 2 unspecified atom stereocenters. The molecule has 1 fully saturated rings. The average Bonchev–Trinajstić information content (AvgIpc) is 1.49. The number of para-hydroxylation sites is 1. The maximum atomic E-state index is 15.5. The van der Waals surface area contributed by atoms with E-state index in [1.54, 1.807) is 149 Å². The number of phenolic OH excluding ortho intramolecular Hbond substituents is 2. The smallest absolute Gasteiger partial charge is 0.305 e. The van der Waals surface area contributed by atoms with Crippen molar-refractivity contribution in [1.29, 1.82) is 0 Å². The number of H-pyrrole nitrogens is 1. The number of benzene rings is 6. The molecule has 130 heavy (non-hydrogen) atoms. The van der Waals surface area contributed by atoms with Crippen LogP contribution in [-0.2, 0) is 126 Å². The third kappa shape index (κ3) is 30.5. The molecule has 37 heteroatoms. The van der Waals surface area contributed by atoms with E-state index in [2.05, 4.69) is 52.8 Å². The number of carboxylic acid groups (broad SMARTS) is 1. The van der Waals surface area contributed by atoms with Gasteiger partial charge in [-0.25, -0.2) is 0 Å². The minimum atomic E-state index is -2.46. The summed E-state index contributed by atoms with van der Waals surface area (Å²) in [6, 6.07) is 25.9. The zero-order chi connectivity index (χ0) is 95.2. The second kappa shape index (κ2) is 49.0. The van der Waals surface area contributed by atoms with Crippen LogP contribution in [0.5, 0.6) is 11.5 Å². The molecule has 696 valence electrons. The molecule has 0 spiro atoms. The molecule has 0 bridgehead atoms. The molecule has 7 aromatic rings. The molecule has 1 aliphatic heterocycles. The van der Waals surface area contributed by atoms with E-state index in [1.807, 2.05) is 6.92 Å². The van der Waals surface area contributed by atoms with Crippen molar-refractivity contribution in [3.63, 3.8) is 0 Å². The summed E-state index contributed by atoms with van der Waals surface area (Å²) in [6.07, 6.45) is -0.313. The van der Waals surface area contributed by atoms with E-state index in [0.29, 0.717) is 57.1 Å². The molecule has 6 aromatic carbocycles. The highest BCUT2D eigenvalue weighted by atomic mass is 32.2. The van der Waals surface area contributed by atoms with E-state index >= 15 is 38.4 Å². The van der Waals surface area contributed by atoms with Crippen LogP contribution in [0, 0.1) is 11.8 Å². The van der Waals surface area contributed by atoms with E-state index in [1.165, 1.54) is 83.8 Å². The predicted molar refractivity (Wildman–Crippen MR) is 483 cm³/mol. The molecule has 2 heterocycles. The summed E-state index contributed by atoms with van der Waals surface area (Å²) in [4.78, 5) is 243. The monoisotopic (exact) mass is 1810 g/mol. The molecule has 0 saturated carbocycles. The Hall–Kier alpha value is -13.7. The van der Waals surface area contributed by atoms with Crippen molar-refractivity contribution >= 4 is 117 Å². The number of carbonyl (C=O) groups is 16. The Bertz CT molecular complexity index is 5110. The maximum absolute atomic E-state index is 15.5. The number of rotatable bonds is 23. The Morgan fingerprint density at radius 1 is 0.469 bits per heavy atom. The van der Waals surface area contributed by atoms with Gasteiger partial charge in [0, 0.05) is 90.9 Å². The van der Waals surface area contributed by atoms with Crippen LogP contribution in [0.1, 0.15) is 100 Å². The molecular formula is C93H118N16O20S. The number of hydrogen-bond donors (Lipinski definition) is 14. The van der Waals surface area contributed by atoms with E-state index < -0.39 is 222 Å². The first-order valence-electron chi connectivity index (χ1n) is 42.8. The minimum absolute atomic E-state index is 0.00160. The number of amides is 15. The fourth-order valence-corrected chi connectivity index (χ4v) is 16.2. The predicted octanol–water partition coefficient (Wildman–Crippen LogP) is 1.34. The third-order valence-corrected chi connectivity index (χ3v) is 23.5. The lowest BCUT2D eigenvalue weighted by atomic mass is 9.98. The van der Waals surface area contributed by atoms with Crippen molar-refractivity contribution in [2.75, 3.05) is 66.4 Å². The van der Waals surface area contributed by atoms with Gasteiger partial charge >= 0.3 is 5.97 Å². The standard InChI is InChI=1S/C93H118N16O20S/c1-11-12-32-74-91(126)106(7)52-79(114)98-70(48-81(116)117)87(122)104-82(56(4)5)93(128)108(9)75(45-58-26-18-14-19-27-58)88(123)102-71(44-61-35-39-64(111)40-36-61)89(124)105(6)51-78(113)97-69(47-62-49-95-66-31-23-22-30-65(62)66)86(121)101-68(42-60-33-37-63(110)38-34-60)85(120)100-67(41-55(2)3)84(119)103-73(83(118)96-50-77(94)112)53-130(129)54-80(115)99-72(43-57-24-16-13-17-25-57)90(125)109(10)76(92(127)107(74)8)46-59-28-20-15-21-29-59/h13-31,33-40,49,55-56,67-76,82,95,110-111H,11-12,32,41-48,50-54H2,1-10H3,(H2,94,112)(H,96,118)(H,97,113)(H,98,114)(H,99,115)(H,100,120)(H,101,121)(H,102,123)(H,103,119)(H,104,122)(H,116,117)/t67-,68-,69-,70-,71-,72-,73-,74-,75-,76-,82?,130?/m0/s1. The number of nitrogens with zero attached hydrogens (tertiary/aromatic N) is 5. The molecule has 1 aliphatic rings. The number of primary amides is 1. The van der Waals surface area contributed by atoms with Crippen LogP contribution >= 0.6 is 0 Å². The summed E-state index contributed by atoms with van der Waals surface area (Å²) < 4.78 is 14.6. The normalized spacial score (nSPS) is 22.4. The van der Waals surface area contributed by atoms with Crippen molar-refractivity contribution in [2.24, 2.45) is 17.6 Å². The Kier molecular flexibility index (Phi) is 38.3. The van der Waals surface area contributed by atoms with Gasteiger partial charge in [0.15, 0.2) is 11.8 Å². The van der Waals surface area contributed by atoms with Crippen molar-refractivity contribution in [3.05, 3.63) is 203 Å².